The lowest BCUT2D eigenvalue weighted by Gasteiger charge is -2.12. The molecule has 1 aromatic carbocycles. The molecule has 4 nitrogen and oxygen atoms in total. The molecule has 1 aliphatic rings. The van der Waals surface area contributed by atoms with Crippen molar-refractivity contribution >= 4 is 49.4 Å². The molecule has 0 spiro atoms. The highest BCUT2D eigenvalue weighted by atomic mass is 79.9. The van der Waals surface area contributed by atoms with Crippen LogP contribution in [0.4, 0.5) is 5.69 Å². The largest absolute Gasteiger partial charge is 0.372 e. The van der Waals surface area contributed by atoms with Crippen molar-refractivity contribution in [3.05, 3.63) is 27.1 Å². The molecule has 1 aliphatic heterocycles. The van der Waals surface area contributed by atoms with Gasteiger partial charge in [0.05, 0.1) is 6.42 Å². The Labute approximate surface area is 109 Å². The van der Waals surface area contributed by atoms with Crippen LogP contribution in [0.15, 0.2) is 27.1 Å². The van der Waals surface area contributed by atoms with Gasteiger partial charge in [0.25, 0.3) is 0 Å². The minimum atomic E-state index is -0.482. The summed E-state index contributed by atoms with van der Waals surface area (Å²) in [5, 5.41) is 5.27. The van der Waals surface area contributed by atoms with E-state index in [4.69, 9.17) is 0 Å². The summed E-state index contributed by atoms with van der Waals surface area (Å²) in [6.45, 7) is 0. The van der Waals surface area contributed by atoms with Gasteiger partial charge in [-0.15, -0.1) is 0 Å². The van der Waals surface area contributed by atoms with Crippen LogP contribution in [-0.2, 0) is 9.59 Å². The van der Waals surface area contributed by atoms with Crippen LogP contribution in [0.3, 0.4) is 0 Å². The molecule has 1 unspecified atom stereocenters. The third-order valence-corrected chi connectivity index (χ3v) is 3.38. The van der Waals surface area contributed by atoms with E-state index in [2.05, 4.69) is 42.5 Å². The van der Waals surface area contributed by atoms with Crippen molar-refractivity contribution in [2.24, 2.45) is 0 Å². The van der Waals surface area contributed by atoms with E-state index in [1.54, 1.807) is 0 Å². The molecule has 0 saturated carbocycles. The Morgan fingerprint density at radius 2 is 2.06 bits per heavy atom. The Hall–Kier alpha value is -0.880. The van der Waals surface area contributed by atoms with E-state index in [0.29, 0.717) is 0 Å². The zero-order valence-corrected chi connectivity index (χ0v) is 11.3. The van der Waals surface area contributed by atoms with E-state index in [9.17, 15) is 9.59 Å². The molecule has 6 heteroatoms. The molecule has 16 heavy (non-hydrogen) atoms. The molecule has 2 rings (SSSR count). The summed E-state index contributed by atoms with van der Waals surface area (Å²) in [6.07, 6.45) is 0.182. The molecule has 2 amide bonds. The molecule has 0 radical (unpaired) electrons. The van der Waals surface area contributed by atoms with Crippen LogP contribution in [0.2, 0.25) is 0 Å². The minimum Gasteiger partial charge on any atom is -0.372 e. The normalized spacial score (nSPS) is 19.8. The number of benzene rings is 1. The second-order valence-electron chi connectivity index (χ2n) is 3.44. The van der Waals surface area contributed by atoms with Gasteiger partial charge in [0.15, 0.2) is 0 Å². The monoisotopic (exact) mass is 346 g/mol. The second kappa shape index (κ2) is 4.55. The van der Waals surface area contributed by atoms with Crippen molar-refractivity contribution in [3.8, 4) is 0 Å². The average molecular weight is 348 g/mol. The maximum Gasteiger partial charge on any atom is 0.249 e. The van der Waals surface area contributed by atoms with Crippen LogP contribution >= 0.6 is 31.9 Å². The van der Waals surface area contributed by atoms with E-state index < -0.39 is 6.04 Å². The summed E-state index contributed by atoms with van der Waals surface area (Å²) in [4.78, 5) is 22.4. The highest BCUT2D eigenvalue weighted by Crippen LogP contribution is 2.27. The van der Waals surface area contributed by atoms with Crippen molar-refractivity contribution in [1.29, 1.82) is 0 Å². The van der Waals surface area contributed by atoms with Crippen molar-refractivity contribution in [2.45, 2.75) is 12.5 Å². The van der Waals surface area contributed by atoms with Crippen LogP contribution in [0.1, 0.15) is 6.42 Å². The highest BCUT2D eigenvalue weighted by molar-refractivity contribution is 9.11. The maximum atomic E-state index is 11.3. The van der Waals surface area contributed by atoms with Crippen molar-refractivity contribution < 1.29 is 9.59 Å². The average Bonchev–Trinajstić information content (AvgIpc) is 2.50. The Kier molecular flexibility index (Phi) is 3.30. The molecule has 84 valence electrons. The number of nitrogens with one attached hydrogen (secondary N) is 2. The standard InChI is InChI=1S/C10H8Br2N2O2/c11-5-1-2-7(6(12)3-5)13-8-4-9(15)14-10(8)16/h1-3,8,13H,4H2,(H,14,15,16). The molecule has 1 fully saturated rings. The van der Waals surface area contributed by atoms with Gasteiger partial charge < -0.3 is 5.32 Å². The van der Waals surface area contributed by atoms with Crippen molar-refractivity contribution in [2.75, 3.05) is 5.32 Å². The first-order valence-electron chi connectivity index (χ1n) is 4.61. The number of halogens is 2. The number of amides is 2. The zero-order valence-electron chi connectivity index (χ0n) is 8.09. The summed E-state index contributed by atoms with van der Waals surface area (Å²) in [5.74, 6) is -0.518. The molecular formula is C10H8Br2N2O2. The molecular weight excluding hydrogens is 340 g/mol. The lowest BCUT2D eigenvalue weighted by Crippen LogP contribution is -2.30. The van der Waals surface area contributed by atoms with Crippen molar-refractivity contribution in [1.82, 2.24) is 5.32 Å². The number of carbonyl (C=O) groups is 2. The molecule has 1 heterocycles. The number of rotatable bonds is 2. The topological polar surface area (TPSA) is 58.2 Å². The lowest BCUT2D eigenvalue weighted by atomic mass is 10.2. The highest BCUT2D eigenvalue weighted by Gasteiger charge is 2.30. The van der Waals surface area contributed by atoms with Gasteiger partial charge in [0.1, 0.15) is 6.04 Å². The van der Waals surface area contributed by atoms with Gasteiger partial charge in [-0.2, -0.15) is 0 Å². The Balaban J connectivity index is 2.15. The number of imide groups is 1. The fourth-order valence-corrected chi connectivity index (χ4v) is 2.63. The predicted molar refractivity (Wildman–Crippen MR) is 67.0 cm³/mol. The second-order valence-corrected chi connectivity index (χ2v) is 5.21. The van der Waals surface area contributed by atoms with Crippen molar-refractivity contribution in [3.63, 3.8) is 0 Å². The molecule has 0 aliphatic carbocycles. The lowest BCUT2D eigenvalue weighted by molar-refractivity contribution is -0.124. The molecule has 1 aromatic rings. The van der Waals surface area contributed by atoms with E-state index in [1.165, 1.54) is 0 Å². The molecule has 0 bridgehead atoms. The van der Waals surface area contributed by atoms with E-state index >= 15 is 0 Å². The Morgan fingerprint density at radius 1 is 1.31 bits per heavy atom. The van der Waals surface area contributed by atoms with Gasteiger partial charge in [0, 0.05) is 14.6 Å². The Bertz CT molecular complexity index is 462. The summed E-state index contributed by atoms with van der Waals surface area (Å²) < 4.78 is 1.78. The predicted octanol–water partition coefficient (Wildman–Crippen LogP) is 2.04. The minimum absolute atomic E-state index is 0.182. The molecule has 2 N–H and O–H groups in total. The smallest absolute Gasteiger partial charge is 0.249 e. The number of hydrogen-bond acceptors (Lipinski definition) is 3. The quantitative estimate of drug-likeness (QED) is 0.805. The van der Waals surface area contributed by atoms with Crippen LogP contribution in [0.25, 0.3) is 0 Å². The van der Waals surface area contributed by atoms with Gasteiger partial charge >= 0.3 is 0 Å². The van der Waals surface area contributed by atoms with E-state index in [1.807, 2.05) is 18.2 Å². The van der Waals surface area contributed by atoms with Crippen LogP contribution < -0.4 is 10.6 Å². The van der Waals surface area contributed by atoms with Gasteiger partial charge in [-0.05, 0) is 34.1 Å². The zero-order chi connectivity index (χ0) is 11.7. The summed E-state index contributed by atoms with van der Waals surface area (Å²) in [6, 6.07) is 5.09. The fraction of sp³-hybridized carbons (Fsp3) is 0.200. The third-order valence-electron chi connectivity index (χ3n) is 2.23. The number of hydrogen-bond donors (Lipinski definition) is 2. The van der Waals surface area contributed by atoms with Gasteiger partial charge in [-0.25, -0.2) is 0 Å². The maximum absolute atomic E-state index is 11.3. The summed E-state index contributed by atoms with van der Waals surface area (Å²) >= 11 is 6.72. The third kappa shape index (κ3) is 2.44. The molecule has 1 saturated heterocycles. The number of carbonyl (C=O) groups excluding carboxylic acids is 2. The van der Waals surface area contributed by atoms with Crippen LogP contribution in [-0.4, -0.2) is 17.9 Å². The van der Waals surface area contributed by atoms with Gasteiger partial charge in [-0.3, -0.25) is 14.9 Å². The first-order valence-corrected chi connectivity index (χ1v) is 6.20. The van der Waals surface area contributed by atoms with Crippen LogP contribution in [0, 0.1) is 0 Å². The summed E-state index contributed by atoms with van der Waals surface area (Å²) in [7, 11) is 0. The SMILES string of the molecule is O=C1CC(Nc2ccc(Br)cc2Br)C(=O)N1. The number of anilines is 1. The van der Waals surface area contributed by atoms with E-state index in [0.717, 1.165) is 14.6 Å². The fourth-order valence-electron chi connectivity index (χ4n) is 1.46. The summed E-state index contributed by atoms with van der Waals surface area (Å²) in [5.41, 5.74) is 0.790. The Morgan fingerprint density at radius 3 is 2.62 bits per heavy atom. The van der Waals surface area contributed by atoms with Crippen LogP contribution in [0.5, 0.6) is 0 Å². The molecule has 1 atom stereocenters. The van der Waals surface area contributed by atoms with Gasteiger partial charge in [-0.1, -0.05) is 15.9 Å². The first-order chi connectivity index (χ1) is 7.56. The van der Waals surface area contributed by atoms with Gasteiger partial charge in [0.2, 0.25) is 11.8 Å². The van der Waals surface area contributed by atoms with E-state index in [-0.39, 0.29) is 18.2 Å². The molecule has 0 aromatic heterocycles. The first kappa shape index (κ1) is 11.6.